The Hall–Kier alpha value is -4.67. The number of ether oxygens (including phenoxy) is 1. The van der Waals surface area contributed by atoms with E-state index in [1.165, 1.54) is 4.57 Å². The molecule has 1 N–H and O–H groups in total. The first-order valence-electron chi connectivity index (χ1n) is 13.1. The number of nitrogens with zero attached hydrogens (tertiary/aromatic N) is 6. The molecule has 0 aliphatic carbocycles. The van der Waals surface area contributed by atoms with E-state index >= 15 is 0 Å². The summed E-state index contributed by atoms with van der Waals surface area (Å²) in [6, 6.07) is 20.5. The van der Waals surface area contributed by atoms with Gasteiger partial charge in [-0.05, 0) is 42.8 Å². The average Bonchev–Trinajstić information content (AvgIpc) is 3.23. The van der Waals surface area contributed by atoms with Gasteiger partial charge in [0.15, 0.2) is 5.69 Å². The minimum Gasteiger partial charge on any atom is -0.493 e. The summed E-state index contributed by atoms with van der Waals surface area (Å²) in [5.41, 5.74) is 3.24. The van der Waals surface area contributed by atoms with Gasteiger partial charge in [-0.25, -0.2) is 4.98 Å². The summed E-state index contributed by atoms with van der Waals surface area (Å²) in [5, 5.41) is 20.7. The van der Waals surface area contributed by atoms with Gasteiger partial charge >= 0.3 is 0 Å². The highest BCUT2D eigenvalue weighted by molar-refractivity contribution is 5.96. The molecule has 1 saturated heterocycles. The summed E-state index contributed by atoms with van der Waals surface area (Å²) in [7, 11) is 0. The van der Waals surface area contributed by atoms with E-state index in [1.54, 1.807) is 22.9 Å². The minimum absolute atomic E-state index is 0.0704. The summed E-state index contributed by atoms with van der Waals surface area (Å²) in [4.78, 5) is 33.1. The van der Waals surface area contributed by atoms with E-state index in [1.807, 2.05) is 61.5 Å². The number of hydrogen-bond acceptors (Lipinski definition) is 7. The molecule has 10 heteroatoms. The number of benzene rings is 2. The molecule has 4 heterocycles. The number of morpholine rings is 1. The zero-order valence-electron chi connectivity index (χ0n) is 22.0. The average molecular weight is 537 g/mol. The van der Waals surface area contributed by atoms with E-state index in [0.717, 1.165) is 35.1 Å². The van der Waals surface area contributed by atoms with Crippen LogP contribution in [0.15, 0.2) is 87.9 Å². The molecule has 1 amide bonds. The van der Waals surface area contributed by atoms with Gasteiger partial charge in [0.05, 0.1) is 25.4 Å². The Bertz CT molecular complexity index is 1800. The highest BCUT2D eigenvalue weighted by Crippen LogP contribution is 2.39. The summed E-state index contributed by atoms with van der Waals surface area (Å²) >= 11 is 0. The SMILES string of the molecule is Cc1ccc2c(c1)c(N=NC(=O)Cn1c(=O)c(-c3ccccc3)cc3cccnc31)c(O)n2CN1CCOCC1. The first-order valence-corrected chi connectivity index (χ1v) is 13.1. The van der Waals surface area contributed by atoms with Crippen molar-refractivity contribution >= 4 is 33.5 Å². The van der Waals surface area contributed by atoms with E-state index in [9.17, 15) is 14.7 Å². The Morgan fingerprint density at radius 3 is 2.62 bits per heavy atom. The molecule has 6 rings (SSSR count). The molecule has 0 saturated carbocycles. The van der Waals surface area contributed by atoms with Crippen molar-refractivity contribution in [1.29, 1.82) is 0 Å². The molecule has 0 spiro atoms. The number of hydrogen-bond donors (Lipinski definition) is 1. The molecular formula is C30H28N6O4. The Labute approximate surface area is 229 Å². The zero-order chi connectivity index (χ0) is 27.6. The smallest absolute Gasteiger partial charge is 0.284 e. The number of aromatic hydroxyl groups is 1. The Kier molecular flexibility index (Phi) is 6.93. The summed E-state index contributed by atoms with van der Waals surface area (Å²) in [5.74, 6) is -0.709. The normalized spacial score (nSPS) is 14.4. The molecule has 40 heavy (non-hydrogen) atoms. The van der Waals surface area contributed by atoms with Gasteiger partial charge in [0, 0.05) is 35.6 Å². The Balaban J connectivity index is 1.35. The van der Waals surface area contributed by atoms with E-state index in [-0.39, 0.29) is 23.7 Å². The van der Waals surface area contributed by atoms with Crippen molar-refractivity contribution in [2.24, 2.45) is 10.2 Å². The Morgan fingerprint density at radius 1 is 1.02 bits per heavy atom. The van der Waals surface area contributed by atoms with Crippen LogP contribution >= 0.6 is 0 Å². The van der Waals surface area contributed by atoms with Gasteiger partial charge in [0.1, 0.15) is 12.2 Å². The third-order valence-corrected chi connectivity index (χ3v) is 7.10. The predicted molar refractivity (Wildman–Crippen MR) is 152 cm³/mol. The van der Waals surface area contributed by atoms with Gasteiger partial charge in [-0.3, -0.25) is 23.6 Å². The number of aromatic nitrogens is 3. The molecule has 1 aliphatic heterocycles. The second-order valence-corrected chi connectivity index (χ2v) is 9.82. The van der Waals surface area contributed by atoms with Crippen molar-refractivity contribution in [2.75, 3.05) is 26.3 Å². The van der Waals surface area contributed by atoms with Crippen LogP contribution in [0, 0.1) is 6.92 Å². The Morgan fingerprint density at radius 2 is 1.82 bits per heavy atom. The van der Waals surface area contributed by atoms with Crippen molar-refractivity contribution < 1.29 is 14.6 Å². The number of amides is 1. The molecule has 2 aromatic carbocycles. The van der Waals surface area contributed by atoms with Crippen molar-refractivity contribution in [3.05, 3.63) is 88.8 Å². The first kappa shape index (κ1) is 25.6. The summed E-state index contributed by atoms with van der Waals surface area (Å²) < 4.78 is 8.54. The summed E-state index contributed by atoms with van der Waals surface area (Å²) in [6.45, 7) is 4.83. The van der Waals surface area contributed by atoms with Gasteiger partial charge in [-0.15, -0.1) is 10.2 Å². The largest absolute Gasteiger partial charge is 0.493 e. The fourth-order valence-electron chi connectivity index (χ4n) is 5.07. The molecule has 0 radical (unpaired) electrons. The third kappa shape index (κ3) is 4.90. The number of carbonyl (C=O) groups excluding carboxylic acids is 1. The monoisotopic (exact) mass is 536 g/mol. The third-order valence-electron chi connectivity index (χ3n) is 7.10. The van der Waals surface area contributed by atoms with E-state index in [4.69, 9.17) is 4.74 Å². The van der Waals surface area contributed by atoms with E-state index in [0.29, 0.717) is 36.5 Å². The molecule has 5 aromatic rings. The molecule has 202 valence electrons. The number of carbonyl (C=O) groups is 1. The maximum absolute atomic E-state index is 13.5. The van der Waals surface area contributed by atoms with Crippen LogP contribution in [0.25, 0.3) is 33.1 Å². The lowest BCUT2D eigenvalue weighted by Gasteiger charge is -2.27. The van der Waals surface area contributed by atoms with Crippen molar-refractivity contribution in [3.8, 4) is 17.0 Å². The lowest BCUT2D eigenvalue weighted by atomic mass is 10.1. The van der Waals surface area contributed by atoms with Gasteiger partial charge in [0.2, 0.25) is 5.88 Å². The van der Waals surface area contributed by atoms with Crippen LogP contribution in [0.1, 0.15) is 5.56 Å². The van der Waals surface area contributed by atoms with Crippen molar-refractivity contribution in [2.45, 2.75) is 20.1 Å². The number of rotatable bonds is 6. The molecule has 1 fully saturated rings. The number of pyridine rings is 2. The van der Waals surface area contributed by atoms with E-state index in [2.05, 4.69) is 20.1 Å². The van der Waals surface area contributed by atoms with Crippen LogP contribution in [0.4, 0.5) is 5.69 Å². The zero-order valence-corrected chi connectivity index (χ0v) is 22.0. The van der Waals surface area contributed by atoms with Crippen LogP contribution in [0.3, 0.4) is 0 Å². The topological polar surface area (TPSA) is 114 Å². The van der Waals surface area contributed by atoms with Crippen LogP contribution in [-0.2, 0) is 22.7 Å². The number of aryl methyl sites for hydroxylation is 1. The van der Waals surface area contributed by atoms with Crippen LogP contribution in [0.5, 0.6) is 5.88 Å². The van der Waals surface area contributed by atoms with Crippen LogP contribution < -0.4 is 5.56 Å². The lowest BCUT2D eigenvalue weighted by molar-refractivity contribution is -0.118. The lowest BCUT2D eigenvalue weighted by Crippen LogP contribution is -2.37. The number of azo groups is 1. The summed E-state index contributed by atoms with van der Waals surface area (Å²) in [6.07, 6.45) is 1.58. The molecule has 1 aliphatic rings. The molecule has 3 aromatic heterocycles. The number of fused-ring (bicyclic) bond motifs is 2. The fraction of sp³-hybridized carbons (Fsp3) is 0.233. The predicted octanol–water partition coefficient (Wildman–Crippen LogP) is 4.63. The molecule has 0 bridgehead atoms. The van der Waals surface area contributed by atoms with Gasteiger partial charge in [0.25, 0.3) is 11.5 Å². The highest BCUT2D eigenvalue weighted by Gasteiger charge is 2.21. The van der Waals surface area contributed by atoms with Crippen molar-refractivity contribution in [1.82, 2.24) is 19.0 Å². The van der Waals surface area contributed by atoms with Crippen LogP contribution in [-0.4, -0.2) is 56.3 Å². The second kappa shape index (κ2) is 10.8. The quantitative estimate of drug-likeness (QED) is 0.317. The molecule has 0 unspecified atom stereocenters. The first-order chi connectivity index (χ1) is 19.5. The minimum atomic E-state index is -0.639. The second-order valence-electron chi connectivity index (χ2n) is 9.82. The van der Waals surface area contributed by atoms with Gasteiger partial charge in [-0.1, -0.05) is 42.0 Å². The maximum atomic E-state index is 13.5. The maximum Gasteiger partial charge on any atom is 0.284 e. The standard InChI is InChI=1S/C30H28N6O4/c1-20-9-10-25-24(16-20)27(30(39)36(25)19-34-12-14-40-15-13-34)33-32-26(37)18-35-28-22(8-5-11-31-28)17-23(29(35)38)21-6-3-2-4-7-21/h2-11,16-17,39H,12-15,18-19H2,1H3. The van der Waals surface area contributed by atoms with E-state index < -0.39 is 5.91 Å². The van der Waals surface area contributed by atoms with Gasteiger partial charge in [-0.2, -0.15) is 0 Å². The molecule has 10 nitrogen and oxygen atoms in total. The molecule has 0 atom stereocenters. The fourth-order valence-corrected chi connectivity index (χ4v) is 5.07. The van der Waals surface area contributed by atoms with Gasteiger partial charge < -0.3 is 9.84 Å². The van der Waals surface area contributed by atoms with Crippen molar-refractivity contribution in [3.63, 3.8) is 0 Å². The van der Waals surface area contributed by atoms with Crippen LogP contribution in [0.2, 0.25) is 0 Å². The highest BCUT2D eigenvalue weighted by atomic mass is 16.5. The molecular weight excluding hydrogens is 508 g/mol.